The molecule has 0 radical (unpaired) electrons. The van der Waals surface area contributed by atoms with Crippen LogP contribution in [0.5, 0.6) is 5.75 Å². The van der Waals surface area contributed by atoms with Gasteiger partial charge in [-0.15, -0.1) is 11.8 Å². The second-order valence-electron chi connectivity index (χ2n) is 13.3. The van der Waals surface area contributed by atoms with Gasteiger partial charge in [0.1, 0.15) is 18.0 Å². The number of carbonyl (C=O) groups is 1. The number of para-hydroxylation sites is 1. The fourth-order valence-electron chi connectivity index (χ4n) is 5.44. The molecule has 6 rings (SSSR count). The maximum Gasteiger partial charge on any atom is 0.309 e. The van der Waals surface area contributed by atoms with Gasteiger partial charge in [-0.2, -0.15) is 4.39 Å². The van der Waals surface area contributed by atoms with Crippen LogP contribution in [0.3, 0.4) is 0 Å². The zero-order valence-electron chi connectivity index (χ0n) is 27.1. The van der Waals surface area contributed by atoms with Crippen LogP contribution in [-0.4, -0.2) is 35.3 Å². The standard InChI is InChI=1S/C38H37FN4O3S/c1-37(2,3)47-34-30-18-29(46-23-28-16-14-26-8-6-7-9-31(26)42-28)21-41-35(30)43(32(34)19-38(4,5)36(44)45)22-24-10-12-25(13-11-24)27-15-17-33(39)40-20-27/h6-18,20-21H,19,22-23H2,1-5H3,(H,44,45). The first-order valence-electron chi connectivity index (χ1n) is 15.5. The monoisotopic (exact) mass is 648 g/mol. The predicted octanol–water partition coefficient (Wildman–Crippen LogP) is 8.96. The Morgan fingerprint density at radius 3 is 2.36 bits per heavy atom. The van der Waals surface area contributed by atoms with Crippen LogP contribution in [0.15, 0.2) is 96.2 Å². The lowest BCUT2D eigenvalue weighted by molar-refractivity contribution is -0.146. The van der Waals surface area contributed by atoms with E-state index in [9.17, 15) is 14.3 Å². The molecule has 47 heavy (non-hydrogen) atoms. The molecule has 9 heteroatoms. The van der Waals surface area contributed by atoms with Gasteiger partial charge >= 0.3 is 5.97 Å². The molecule has 0 unspecified atom stereocenters. The molecule has 0 amide bonds. The van der Waals surface area contributed by atoms with Gasteiger partial charge in [0, 0.05) is 50.8 Å². The van der Waals surface area contributed by atoms with E-state index in [1.807, 2.05) is 66.7 Å². The van der Waals surface area contributed by atoms with E-state index in [0.29, 0.717) is 18.7 Å². The van der Waals surface area contributed by atoms with Crippen molar-refractivity contribution in [1.29, 1.82) is 0 Å². The Morgan fingerprint density at radius 1 is 0.915 bits per heavy atom. The summed E-state index contributed by atoms with van der Waals surface area (Å²) in [7, 11) is 0. The van der Waals surface area contributed by atoms with Crippen molar-refractivity contribution in [2.45, 2.75) is 63.8 Å². The third-order valence-electron chi connectivity index (χ3n) is 7.92. The molecule has 7 nitrogen and oxygen atoms in total. The Bertz CT molecular complexity index is 2070. The lowest BCUT2D eigenvalue weighted by Crippen LogP contribution is -2.28. The summed E-state index contributed by atoms with van der Waals surface area (Å²) in [6.07, 6.45) is 3.56. The Hall–Kier alpha value is -4.76. The average molecular weight is 649 g/mol. The molecule has 0 atom stereocenters. The predicted molar refractivity (Wildman–Crippen MR) is 185 cm³/mol. The third kappa shape index (κ3) is 7.30. The summed E-state index contributed by atoms with van der Waals surface area (Å²) in [6.45, 7) is 10.7. The van der Waals surface area contributed by atoms with Gasteiger partial charge in [0.15, 0.2) is 0 Å². The van der Waals surface area contributed by atoms with E-state index in [1.54, 1.807) is 37.9 Å². The maximum atomic E-state index is 13.4. The van der Waals surface area contributed by atoms with Crippen molar-refractivity contribution in [1.82, 2.24) is 19.5 Å². The fourth-order valence-corrected chi connectivity index (χ4v) is 6.62. The quantitative estimate of drug-likeness (QED) is 0.117. The van der Waals surface area contributed by atoms with E-state index < -0.39 is 17.3 Å². The maximum absolute atomic E-state index is 13.4. The van der Waals surface area contributed by atoms with Gasteiger partial charge in [0.25, 0.3) is 0 Å². The summed E-state index contributed by atoms with van der Waals surface area (Å²) in [4.78, 5) is 26.8. The lowest BCUT2D eigenvalue weighted by atomic mass is 9.88. The van der Waals surface area contributed by atoms with E-state index in [-0.39, 0.29) is 11.4 Å². The van der Waals surface area contributed by atoms with Gasteiger partial charge < -0.3 is 14.4 Å². The van der Waals surface area contributed by atoms with Gasteiger partial charge in [0.2, 0.25) is 5.95 Å². The van der Waals surface area contributed by atoms with Gasteiger partial charge in [-0.1, -0.05) is 69.3 Å². The first-order valence-corrected chi connectivity index (χ1v) is 16.3. The van der Waals surface area contributed by atoms with Crippen LogP contribution in [0.25, 0.3) is 33.1 Å². The number of aliphatic carboxylic acids is 1. The molecular formula is C38H37FN4O3S. The van der Waals surface area contributed by atoms with Gasteiger partial charge in [0.05, 0.1) is 22.8 Å². The highest BCUT2D eigenvalue weighted by Gasteiger charge is 2.33. The molecule has 240 valence electrons. The van der Waals surface area contributed by atoms with Gasteiger partial charge in [-0.3, -0.25) is 4.79 Å². The minimum Gasteiger partial charge on any atom is -0.486 e. The molecule has 0 aliphatic rings. The van der Waals surface area contributed by atoms with Crippen molar-refractivity contribution < 1.29 is 19.0 Å². The van der Waals surface area contributed by atoms with Crippen molar-refractivity contribution in [3.8, 4) is 16.9 Å². The fraction of sp³-hybridized carbons (Fsp3) is 0.263. The van der Waals surface area contributed by atoms with Crippen LogP contribution in [0.2, 0.25) is 0 Å². The number of benzene rings is 2. The number of hydrogen-bond acceptors (Lipinski definition) is 6. The number of ether oxygens (including phenoxy) is 1. The summed E-state index contributed by atoms with van der Waals surface area (Å²) in [6, 6.07) is 25.1. The van der Waals surface area contributed by atoms with E-state index >= 15 is 0 Å². The van der Waals surface area contributed by atoms with Gasteiger partial charge in [-0.05, 0) is 55.3 Å². The van der Waals surface area contributed by atoms with E-state index in [2.05, 4.69) is 30.3 Å². The topological polar surface area (TPSA) is 90.1 Å². The number of aromatic nitrogens is 4. The average Bonchev–Trinajstić information content (AvgIpc) is 3.29. The molecule has 0 aliphatic heterocycles. The minimum atomic E-state index is -1.01. The zero-order chi connectivity index (χ0) is 33.3. The third-order valence-corrected chi connectivity index (χ3v) is 9.20. The molecule has 0 saturated heterocycles. The van der Waals surface area contributed by atoms with Crippen molar-refractivity contribution in [2.24, 2.45) is 5.41 Å². The lowest BCUT2D eigenvalue weighted by Gasteiger charge is -2.24. The number of thioether (sulfide) groups is 1. The smallest absolute Gasteiger partial charge is 0.309 e. The zero-order valence-corrected chi connectivity index (χ0v) is 27.9. The molecule has 4 heterocycles. The van der Waals surface area contributed by atoms with E-state index in [0.717, 1.165) is 54.9 Å². The molecule has 0 saturated carbocycles. The van der Waals surface area contributed by atoms with Crippen molar-refractivity contribution in [2.75, 3.05) is 0 Å². The Balaban J connectivity index is 1.40. The number of rotatable bonds is 10. The number of halogens is 1. The number of carboxylic acid groups (broad SMARTS) is 1. The molecule has 6 aromatic rings. The largest absolute Gasteiger partial charge is 0.486 e. The summed E-state index contributed by atoms with van der Waals surface area (Å²) >= 11 is 1.71. The van der Waals surface area contributed by atoms with Crippen molar-refractivity contribution >= 4 is 39.7 Å². The van der Waals surface area contributed by atoms with E-state index in [1.165, 1.54) is 12.3 Å². The normalized spacial score (nSPS) is 12.1. The molecule has 0 fully saturated rings. The number of fused-ring (bicyclic) bond motifs is 2. The number of pyridine rings is 3. The Kier molecular flexibility index (Phi) is 8.76. The van der Waals surface area contributed by atoms with Crippen LogP contribution in [0.4, 0.5) is 4.39 Å². The van der Waals surface area contributed by atoms with E-state index in [4.69, 9.17) is 14.7 Å². The second-order valence-corrected chi connectivity index (χ2v) is 15.2. The summed E-state index contributed by atoms with van der Waals surface area (Å²) in [5.74, 6) is -0.767. The van der Waals surface area contributed by atoms with Crippen molar-refractivity contribution in [3.05, 3.63) is 114 Å². The van der Waals surface area contributed by atoms with Crippen molar-refractivity contribution in [3.63, 3.8) is 0 Å². The molecule has 1 N–H and O–H groups in total. The molecular weight excluding hydrogens is 612 g/mol. The molecule has 0 bridgehead atoms. The number of hydrogen-bond donors (Lipinski definition) is 1. The summed E-state index contributed by atoms with van der Waals surface area (Å²) in [5.41, 5.74) is 5.16. The van der Waals surface area contributed by atoms with Crippen LogP contribution in [0.1, 0.15) is 51.6 Å². The minimum absolute atomic E-state index is 0.155. The van der Waals surface area contributed by atoms with Gasteiger partial charge in [-0.25, -0.2) is 15.0 Å². The summed E-state index contributed by atoms with van der Waals surface area (Å²) < 4.78 is 21.6. The Morgan fingerprint density at radius 2 is 1.66 bits per heavy atom. The molecule has 0 aliphatic carbocycles. The second kappa shape index (κ2) is 12.8. The highest BCUT2D eigenvalue weighted by molar-refractivity contribution is 8.00. The SMILES string of the molecule is CC(C)(C)Sc1c(CC(C)(C)C(=O)O)n(Cc2ccc(-c3ccc(F)nc3)cc2)c2ncc(OCc3ccc4ccccc4n3)cc12. The number of nitrogens with zero attached hydrogens (tertiary/aromatic N) is 4. The van der Waals surface area contributed by atoms with Crippen LogP contribution < -0.4 is 4.74 Å². The first-order chi connectivity index (χ1) is 22.4. The summed E-state index contributed by atoms with van der Waals surface area (Å²) in [5, 5.41) is 12.1. The molecule has 2 aromatic carbocycles. The number of carboxylic acids is 1. The van der Waals surface area contributed by atoms with Crippen LogP contribution >= 0.6 is 11.8 Å². The first kappa shape index (κ1) is 32.2. The molecule has 0 spiro atoms. The van der Waals surface area contributed by atoms with Crippen LogP contribution in [0, 0.1) is 11.4 Å². The highest BCUT2D eigenvalue weighted by atomic mass is 32.2. The molecule has 4 aromatic heterocycles. The van der Waals surface area contributed by atoms with Crippen LogP contribution in [-0.2, 0) is 24.4 Å². The highest BCUT2D eigenvalue weighted by Crippen LogP contribution is 2.43. The Labute approximate surface area is 277 Å².